The lowest BCUT2D eigenvalue weighted by molar-refractivity contribution is 0.481. The Bertz CT molecular complexity index is 600. The molecule has 1 aromatic heterocycles. The molecule has 1 unspecified atom stereocenters. The van der Waals surface area contributed by atoms with Crippen LogP contribution >= 0.6 is 11.3 Å². The largest absolute Gasteiger partial charge is 0.357 e. The van der Waals surface area contributed by atoms with Gasteiger partial charge in [0.05, 0.1) is 15.2 Å². The van der Waals surface area contributed by atoms with Crippen LogP contribution in [0.25, 0.3) is 10.2 Å². The summed E-state index contributed by atoms with van der Waals surface area (Å²) in [5.41, 5.74) is 1.11. The normalized spacial score (nSPS) is 13.5. The van der Waals surface area contributed by atoms with Crippen LogP contribution in [-0.4, -0.2) is 30.1 Å². The number of hydrogen-bond donors (Lipinski definition) is 2. The number of guanidine groups is 1. The fourth-order valence-electron chi connectivity index (χ4n) is 2.15. The highest BCUT2D eigenvalue weighted by molar-refractivity contribution is 7.18. The van der Waals surface area contributed by atoms with Crippen LogP contribution in [0.2, 0.25) is 0 Å². The van der Waals surface area contributed by atoms with Gasteiger partial charge in [-0.05, 0) is 38.3 Å². The zero-order valence-electron chi connectivity index (χ0n) is 14.6. The Morgan fingerprint density at radius 3 is 2.74 bits per heavy atom. The number of hydrogen-bond acceptors (Lipinski definition) is 3. The Hall–Kier alpha value is -1.62. The molecule has 2 rings (SSSR count). The molecule has 0 aliphatic rings. The van der Waals surface area contributed by atoms with Gasteiger partial charge in [0.15, 0.2) is 5.96 Å². The monoisotopic (exact) mass is 332 g/mol. The average molecular weight is 333 g/mol. The fraction of sp³-hybridized carbons (Fsp3) is 0.556. The minimum Gasteiger partial charge on any atom is -0.357 e. The molecular formula is C18H28N4S. The van der Waals surface area contributed by atoms with Crippen molar-refractivity contribution >= 4 is 27.5 Å². The molecule has 2 aromatic rings. The summed E-state index contributed by atoms with van der Waals surface area (Å²) in [6, 6.07) is 8.74. The van der Waals surface area contributed by atoms with E-state index >= 15 is 0 Å². The molecule has 0 aliphatic carbocycles. The van der Waals surface area contributed by atoms with Gasteiger partial charge in [0.25, 0.3) is 0 Å². The predicted molar refractivity (Wildman–Crippen MR) is 101 cm³/mol. The van der Waals surface area contributed by atoms with Crippen LogP contribution in [-0.2, 0) is 6.42 Å². The number of aromatic nitrogens is 1. The van der Waals surface area contributed by atoms with Gasteiger partial charge in [-0.25, -0.2) is 4.98 Å². The van der Waals surface area contributed by atoms with Gasteiger partial charge in [0.1, 0.15) is 0 Å². The van der Waals surface area contributed by atoms with Gasteiger partial charge < -0.3 is 10.6 Å². The third-order valence-corrected chi connectivity index (χ3v) is 4.96. The van der Waals surface area contributed by atoms with E-state index in [-0.39, 0.29) is 0 Å². The van der Waals surface area contributed by atoms with Gasteiger partial charge in [0, 0.05) is 25.6 Å². The first-order valence-electron chi connectivity index (χ1n) is 8.49. The molecule has 0 fully saturated rings. The molecule has 5 heteroatoms. The van der Waals surface area contributed by atoms with Crippen LogP contribution in [0.1, 0.15) is 39.1 Å². The van der Waals surface area contributed by atoms with Crippen molar-refractivity contribution in [2.45, 2.75) is 46.6 Å². The van der Waals surface area contributed by atoms with E-state index in [0.717, 1.165) is 37.4 Å². The second kappa shape index (κ2) is 8.87. The number of aliphatic imine (C=N–C) groups is 1. The number of fused-ring (bicyclic) bond motifs is 1. The first-order chi connectivity index (χ1) is 11.1. The summed E-state index contributed by atoms with van der Waals surface area (Å²) < 4.78 is 1.27. The quantitative estimate of drug-likeness (QED) is 0.460. The number of benzene rings is 1. The van der Waals surface area contributed by atoms with Crippen molar-refractivity contribution in [3.8, 4) is 0 Å². The van der Waals surface area contributed by atoms with Crippen molar-refractivity contribution in [1.29, 1.82) is 0 Å². The molecule has 1 atom stereocenters. The maximum absolute atomic E-state index is 4.68. The van der Waals surface area contributed by atoms with Crippen LogP contribution in [0.5, 0.6) is 0 Å². The van der Waals surface area contributed by atoms with Gasteiger partial charge in [-0.15, -0.1) is 11.3 Å². The summed E-state index contributed by atoms with van der Waals surface area (Å²) in [7, 11) is 0. The molecule has 0 aliphatic heterocycles. The number of aryl methyl sites for hydroxylation is 1. The molecule has 126 valence electrons. The maximum atomic E-state index is 4.68. The fourth-order valence-corrected chi connectivity index (χ4v) is 3.16. The van der Waals surface area contributed by atoms with Crippen LogP contribution in [0.3, 0.4) is 0 Å². The number of nitrogens with one attached hydrogen (secondary N) is 2. The third kappa shape index (κ3) is 5.50. The van der Waals surface area contributed by atoms with Crippen LogP contribution in [0.15, 0.2) is 29.3 Å². The Labute approximate surface area is 143 Å². The van der Waals surface area contributed by atoms with Crippen molar-refractivity contribution in [3.63, 3.8) is 0 Å². The average Bonchev–Trinajstić information content (AvgIpc) is 2.94. The van der Waals surface area contributed by atoms with Gasteiger partial charge in [-0.3, -0.25) is 4.99 Å². The Balaban J connectivity index is 1.85. The van der Waals surface area contributed by atoms with E-state index in [1.807, 2.05) is 6.07 Å². The minimum atomic E-state index is 0.414. The molecule has 23 heavy (non-hydrogen) atoms. The molecule has 2 N–H and O–H groups in total. The van der Waals surface area contributed by atoms with Crippen LogP contribution < -0.4 is 10.6 Å². The number of thiazole rings is 1. The van der Waals surface area contributed by atoms with Gasteiger partial charge in [0.2, 0.25) is 0 Å². The van der Waals surface area contributed by atoms with E-state index in [1.54, 1.807) is 11.3 Å². The first kappa shape index (κ1) is 17.7. The van der Waals surface area contributed by atoms with E-state index in [4.69, 9.17) is 0 Å². The molecule has 1 heterocycles. The SMILES string of the molecule is CCNC(=NCCCc1nc2ccccc2s1)NC(C)C(C)C. The van der Waals surface area contributed by atoms with Gasteiger partial charge in [-0.2, -0.15) is 0 Å². The van der Waals surface area contributed by atoms with Crippen molar-refractivity contribution in [2.75, 3.05) is 13.1 Å². The summed E-state index contributed by atoms with van der Waals surface area (Å²) in [4.78, 5) is 9.35. The van der Waals surface area contributed by atoms with Gasteiger partial charge >= 0.3 is 0 Å². The highest BCUT2D eigenvalue weighted by Crippen LogP contribution is 2.22. The molecule has 0 spiro atoms. The van der Waals surface area contributed by atoms with E-state index in [0.29, 0.717) is 12.0 Å². The topological polar surface area (TPSA) is 49.3 Å². The van der Waals surface area contributed by atoms with Crippen molar-refractivity contribution in [1.82, 2.24) is 15.6 Å². The van der Waals surface area contributed by atoms with Gasteiger partial charge in [-0.1, -0.05) is 26.0 Å². The Kier molecular flexibility index (Phi) is 6.84. The summed E-state index contributed by atoms with van der Waals surface area (Å²) >= 11 is 1.79. The molecule has 0 amide bonds. The molecule has 0 radical (unpaired) electrons. The molecule has 1 aromatic carbocycles. The second-order valence-electron chi connectivity index (χ2n) is 6.12. The summed E-state index contributed by atoms with van der Waals surface area (Å²) in [5.74, 6) is 1.50. The lowest BCUT2D eigenvalue weighted by Gasteiger charge is -2.20. The molecule has 4 nitrogen and oxygen atoms in total. The van der Waals surface area contributed by atoms with Crippen LogP contribution in [0, 0.1) is 5.92 Å². The van der Waals surface area contributed by atoms with Crippen molar-refractivity contribution in [2.24, 2.45) is 10.9 Å². The maximum Gasteiger partial charge on any atom is 0.191 e. The number of nitrogens with zero attached hydrogens (tertiary/aromatic N) is 2. The predicted octanol–water partition coefficient (Wildman–Crippen LogP) is 3.83. The lowest BCUT2D eigenvalue weighted by atomic mass is 10.1. The van der Waals surface area contributed by atoms with Crippen molar-refractivity contribution < 1.29 is 0 Å². The smallest absolute Gasteiger partial charge is 0.191 e. The van der Waals surface area contributed by atoms with E-state index in [9.17, 15) is 0 Å². The minimum absolute atomic E-state index is 0.414. The highest BCUT2D eigenvalue weighted by atomic mass is 32.1. The van der Waals surface area contributed by atoms with Crippen LogP contribution in [0.4, 0.5) is 0 Å². The van der Waals surface area contributed by atoms with E-state index < -0.39 is 0 Å². The summed E-state index contributed by atoms with van der Waals surface area (Å²) in [6.45, 7) is 10.4. The number of rotatable bonds is 7. The summed E-state index contributed by atoms with van der Waals surface area (Å²) in [5, 5.41) is 7.98. The standard InChI is InChI=1S/C18H28N4S/c1-5-19-18(21-14(4)13(2)3)20-12-8-11-17-22-15-9-6-7-10-16(15)23-17/h6-7,9-10,13-14H,5,8,11-12H2,1-4H3,(H2,19,20,21). The molecule has 0 saturated carbocycles. The van der Waals surface area contributed by atoms with E-state index in [1.165, 1.54) is 9.71 Å². The van der Waals surface area contributed by atoms with E-state index in [2.05, 4.69) is 66.5 Å². The Morgan fingerprint density at radius 1 is 1.26 bits per heavy atom. The molecule has 0 saturated heterocycles. The third-order valence-electron chi connectivity index (χ3n) is 3.87. The molecule has 0 bridgehead atoms. The zero-order valence-corrected chi connectivity index (χ0v) is 15.4. The molecular weight excluding hydrogens is 304 g/mol. The van der Waals surface area contributed by atoms with Crippen molar-refractivity contribution in [3.05, 3.63) is 29.3 Å². The first-order valence-corrected chi connectivity index (χ1v) is 9.31. The highest BCUT2D eigenvalue weighted by Gasteiger charge is 2.08. The second-order valence-corrected chi connectivity index (χ2v) is 7.23. The Morgan fingerprint density at radius 2 is 2.04 bits per heavy atom. The lowest BCUT2D eigenvalue weighted by Crippen LogP contribution is -2.44. The number of para-hydroxylation sites is 1. The summed E-state index contributed by atoms with van der Waals surface area (Å²) in [6.07, 6.45) is 2.01. The zero-order chi connectivity index (χ0) is 16.7.